The summed E-state index contributed by atoms with van der Waals surface area (Å²) in [5, 5.41) is 14.3. The first-order valence-electron chi connectivity index (χ1n) is 6.10. The minimum Gasteiger partial charge on any atom is -0.468 e. The normalized spacial score (nSPS) is 12.2. The number of ether oxygens (including phenoxy) is 1. The number of hydrogen-bond donors (Lipinski definition) is 1. The van der Waals surface area contributed by atoms with Gasteiger partial charge in [-0.1, -0.05) is 25.4 Å². The summed E-state index contributed by atoms with van der Waals surface area (Å²) in [5.41, 5.74) is 0.395. The molecule has 110 valence electrons. The third-order valence-corrected chi connectivity index (χ3v) is 3.11. The van der Waals surface area contributed by atoms with E-state index in [-0.39, 0.29) is 18.2 Å². The Hall–Kier alpha value is -1.66. The molecule has 0 amide bonds. The largest absolute Gasteiger partial charge is 0.468 e. The van der Waals surface area contributed by atoms with Crippen molar-refractivity contribution in [3.8, 4) is 0 Å². The average molecular weight is 301 g/mol. The summed E-state index contributed by atoms with van der Waals surface area (Å²) in [6, 6.07) is 3.80. The topological polar surface area (TPSA) is 81.5 Å². The molecule has 20 heavy (non-hydrogen) atoms. The highest BCUT2D eigenvalue weighted by molar-refractivity contribution is 6.30. The van der Waals surface area contributed by atoms with Crippen LogP contribution in [0, 0.1) is 16.0 Å². The van der Waals surface area contributed by atoms with Crippen LogP contribution in [0.1, 0.15) is 19.4 Å². The van der Waals surface area contributed by atoms with Gasteiger partial charge in [0.25, 0.3) is 5.69 Å². The number of esters is 1. The van der Waals surface area contributed by atoms with Crippen molar-refractivity contribution in [3.63, 3.8) is 0 Å². The van der Waals surface area contributed by atoms with Crippen molar-refractivity contribution in [2.24, 2.45) is 5.92 Å². The zero-order valence-electron chi connectivity index (χ0n) is 11.6. The number of methoxy groups -OCH3 is 1. The molecule has 0 saturated carbocycles. The number of rotatable bonds is 6. The van der Waals surface area contributed by atoms with Crippen molar-refractivity contribution in [2.45, 2.75) is 26.4 Å². The average Bonchev–Trinajstić information content (AvgIpc) is 2.37. The van der Waals surface area contributed by atoms with Gasteiger partial charge in [-0.25, -0.2) is 0 Å². The lowest BCUT2D eigenvalue weighted by molar-refractivity contribution is -0.385. The van der Waals surface area contributed by atoms with E-state index < -0.39 is 16.9 Å². The van der Waals surface area contributed by atoms with E-state index in [0.29, 0.717) is 10.6 Å². The zero-order valence-corrected chi connectivity index (χ0v) is 12.3. The predicted molar refractivity (Wildman–Crippen MR) is 75.6 cm³/mol. The lowest BCUT2D eigenvalue weighted by Crippen LogP contribution is -2.41. The molecule has 1 rings (SSSR count). The van der Waals surface area contributed by atoms with Crippen LogP contribution >= 0.6 is 11.6 Å². The fraction of sp³-hybridized carbons (Fsp3) is 0.462. The molecule has 6 nitrogen and oxygen atoms in total. The van der Waals surface area contributed by atoms with Gasteiger partial charge in [-0.2, -0.15) is 0 Å². The third kappa shape index (κ3) is 4.18. The summed E-state index contributed by atoms with van der Waals surface area (Å²) >= 11 is 5.85. The van der Waals surface area contributed by atoms with Crippen molar-refractivity contribution in [1.29, 1.82) is 0 Å². The van der Waals surface area contributed by atoms with Gasteiger partial charge in [-0.05, 0) is 18.1 Å². The predicted octanol–water partition coefficient (Wildman–Crippen LogP) is 2.54. The number of halogens is 1. The standard InChI is InChI=1S/C13H17ClN2O4/c1-8(2)12(13(17)20-3)15-7-9-6-10(14)4-5-11(9)16(18)19/h4-6,8,12,15H,7H2,1-3H3. The smallest absolute Gasteiger partial charge is 0.323 e. The van der Waals surface area contributed by atoms with Gasteiger partial charge >= 0.3 is 5.97 Å². The second-order valence-corrected chi connectivity index (χ2v) is 5.09. The molecule has 0 aromatic heterocycles. The van der Waals surface area contributed by atoms with Crippen molar-refractivity contribution < 1.29 is 14.5 Å². The second-order valence-electron chi connectivity index (χ2n) is 4.66. The molecule has 0 heterocycles. The van der Waals surface area contributed by atoms with Gasteiger partial charge < -0.3 is 4.74 Å². The molecule has 1 aromatic carbocycles. The number of nitro groups is 1. The van der Waals surface area contributed by atoms with Gasteiger partial charge in [-0.15, -0.1) is 0 Å². The van der Waals surface area contributed by atoms with Gasteiger partial charge in [0.2, 0.25) is 0 Å². The SMILES string of the molecule is COC(=O)C(NCc1cc(Cl)ccc1[N+](=O)[O-])C(C)C. The Kier molecular flexibility index (Phi) is 5.91. The molecule has 0 radical (unpaired) electrons. The number of nitrogens with one attached hydrogen (secondary N) is 1. The molecule has 0 spiro atoms. The van der Waals surface area contributed by atoms with E-state index in [1.165, 1.54) is 25.3 Å². The van der Waals surface area contributed by atoms with E-state index in [1.54, 1.807) is 0 Å². The van der Waals surface area contributed by atoms with Crippen LogP contribution in [-0.4, -0.2) is 24.0 Å². The van der Waals surface area contributed by atoms with Crippen LogP contribution in [0.15, 0.2) is 18.2 Å². The number of nitrogens with zero attached hydrogens (tertiary/aromatic N) is 1. The van der Waals surface area contributed by atoms with E-state index in [1.807, 2.05) is 13.8 Å². The highest BCUT2D eigenvalue weighted by atomic mass is 35.5. The fourth-order valence-electron chi connectivity index (χ4n) is 1.81. The van der Waals surface area contributed by atoms with Gasteiger partial charge in [0.05, 0.1) is 12.0 Å². The maximum Gasteiger partial charge on any atom is 0.323 e. The molecule has 0 saturated heterocycles. The summed E-state index contributed by atoms with van der Waals surface area (Å²) < 4.78 is 4.70. The van der Waals surface area contributed by atoms with Gasteiger partial charge in [0, 0.05) is 23.2 Å². The molecule has 0 fully saturated rings. The van der Waals surface area contributed by atoms with Crippen molar-refractivity contribution in [2.75, 3.05) is 7.11 Å². The minimum atomic E-state index is -0.529. The lowest BCUT2D eigenvalue weighted by atomic mass is 10.0. The van der Waals surface area contributed by atoms with E-state index in [2.05, 4.69) is 5.32 Å². The maximum absolute atomic E-state index is 11.6. The number of benzene rings is 1. The molecule has 1 aromatic rings. The summed E-state index contributed by atoms with van der Waals surface area (Å²) in [6.07, 6.45) is 0. The molecule has 0 aliphatic heterocycles. The number of nitro benzene ring substituents is 1. The Morgan fingerprint density at radius 2 is 2.15 bits per heavy atom. The Balaban J connectivity index is 2.90. The van der Waals surface area contributed by atoms with E-state index in [0.717, 1.165) is 0 Å². The highest BCUT2D eigenvalue weighted by Gasteiger charge is 2.23. The molecular weight excluding hydrogens is 284 g/mol. The van der Waals surface area contributed by atoms with Crippen LogP contribution in [0.4, 0.5) is 5.69 Å². The van der Waals surface area contributed by atoms with Crippen LogP contribution in [0.5, 0.6) is 0 Å². The number of hydrogen-bond acceptors (Lipinski definition) is 5. The number of carbonyl (C=O) groups is 1. The van der Waals surface area contributed by atoms with E-state index in [9.17, 15) is 14.9 Å². The minimum absolute atomic E-state index is 0.000639. The zero-order chi connectivity index (χ0) is 15.3. The molecule has 0 aliphatic carbocycles. The molecule has 0 bridgehead atoms. The highest BCUT2D eigenvalue weighted by Crippen LogP contribution is 2.23. The first-order valence-corrected chi connectivity index (χ1v) is 6.48. The lowest BCUT2D eigenvalue weighted by Gasteiger charge is -2.19. The Labute approximate surface area is 122 Å². The molecule has 7 heteroatoms. The first-order chi connectivity index (χ1) is 9.36. The van der Waals surface area contributed by atoms with Crippen LogP contribution in [-0.2, 0) is 16.1 Å². The Bertz CT molecular complexity index is 505. The summed E-state index contributed by atoms with van der Waals surface area (Å²) in [5.74, 6) is -0.398. The van der Waals surface area contributed by atoms with Gasteiger partial charge in [0.1, 0.15) is 6.04 Å². The van der Waals surface area contributed by atoms with Crippen LogP contribution < -0.4 is 5.32 Å². The summed E-state index contributed by atoms with van der Waals surface area (Å²) in [7, 11) is 1.31. The molecule has 1 atom stereocenters. The van der Waals surface area contributed by atoms with Crippen molar-refractivity contribution in [3.05, 3.63) is 38.9 Å². The molecule has 0 aliphatic rings. The molecular formula is C13H17ClN2O4. The summed E-state index contributed by atoms with van der Waals surface area (Å²) in [6.45, 7) is 3.89. The van der Waals surface area contributed by atoms with Crippen LogP contribution in [0.25, 0.3) is 0 Å². The quantitative estimate of drug-likeness (QED) is 0.496. The van der Waals surface area contributed by atoms with Crippen molar-refractivity contribution in [1.82, 2.24) is 5.32 Å². The number of carbonyl (C=O) groups excluding carboxylic acids is 1. The molecule has 1 N–H and O–H groups in total. The van der Waals surface area contributed by atoms with Gasteiger partial charge in [-0.3, -0.25) is 20.2 Å². The van der Waals surface area contributed by atoms with Crippen LogP contribution in [0.3, 0.4) is 0 Å². The first kappa shape index (κ1) is 16.4. The van der Waals surface area contributed by atoms with Crippen molar-refractivity contribution >= 4 is 23.3 Å². The monoisotopic (exact) mass is 300 g/mol. The maximum atomic E-state index is 11.6. The third-order valence-electron chi connectivity index (χ3n) is 2.87. The van der Waals surface area contributed by atoms with Crippen LogP contribution in [0.2, 0.25) is 5.02 Å². The van der Waals surface area contributed by atoms with Gasteiger partial charge in [0.15, 0.2) is 0 Å². The second kappa shape index (κ2) is 7.21. The fourth-order valence-corrected chi connectivity index (χ4v) is 2.01. The Morgan fingerprint density at radius 3 is 2.65 bits per heavy atom. The Morgan fingerprint density at radius 1 is 1.50 bits per heavy atom. The molecule has 1 unspecified atom stereocenters. The van der Waals surface area contributed by atoms with E-state index in [4.69, 9.17) is 16.3 Å². The summed E-state index contributed by atoms with van der Waals surface area (Å²) in [4.78, 5) is 22.1. The van der Waals surface area contributed by atoms with E-state index >= 15 is 0 Å².